The molecule has 0 atom stereocenters. The maximum atomic E-state index is 12.8. The first-order valence-electron chi connectivity index (χ1n) is 7.65. The van der Waals surface area contributed by atoms with Crippen LogP contribution in [0.2, 0.25) is 0 Å². The SMILES string of the molecule is Cl.O=C(CCN1CCn2c(nnc2C(F)(F)F)C1)N1CCNCC1. The van der Waals surface area contributed by atoms with Crippen molar-refractivity contribution in [1.29, 1.82) is 0 Å². The zero-order chi connectivity index (χ0) is 16.4. The first kappa shape index (κ1) is 18.9. The van der Waals surface area contributed by atoms with Crippen LogP contribution in [0.1, 0.15) is 18.1 Å². The number of carbonyl (C=O) groups excluding carboxylic acids is 1. The summed E-state index contributed by atoms with van der Waals surface area (Å²) in [5.41, 5.74) is 0. The number of piperazine rings is 1. The van der Waals surface area contributed by atoms with Gasteiger partial charge in [-0.2, -0.15) is 13.2 Å². The Morgan fingerprint density at radius 3 is 2.50 bits per heavy atom. The van der Waals surface area contributed by atoms with Crippen molar-refractivity contribution in [3.63, 3.8) is 0 Å². The molecule has 1 aromatic heterocycles. The number of halogens is 4. The molecule has 1 amide bonds. The lowest BCUT2D eigenvalue weighted by molar-refractivity contribution is -0.148. The van der Waals surface area contributed by atoms with Crippen molar-refractivity contribution in [3.05, 3.63) is 11.6 Å². The van der Waals surface area contributed by atoms with Gasteiger partial charge in [-0.05, 0) is 0 Å². The lowest BCUT2D eigenvalue weighted by atomic mass is 10.2. The van der Waals surface area contributed by atoms with Gasteiger partial charge in [0.25, 0.3) is 0 Å². The predicted molar refractivity (Wildman–Crippen MR) is 81.6 cm³/mol. The summed E-state index contributed by atoms with van der Waals surface area (Å²) < 4.78 is 39.4. The van der Waals surface area contributed by atoms with Gasteiger partial charge in [-0.25, -0.2) is 0 Å². The molecule has 0 saturated carbocycles. The van der Waals surface area contributed by atoms with Crippen molar-refractivity contribution in [1.82, 2.24) is 29.9 Å². The molecule has 2 aliphatic heterocycles. The Bertz CT molecular complexity index is 573. The second-order valence-corrected chi connectivity index (χ2v) is 5.75. The van der Waals surface area contributed by atoms with E-state index < -0.39 is 12.0 Å². The Balaban J connectivity index is 0.00000208. The van der Waals surface area contributed by atoms with E-state index in [0.29, 0.717) is 38.4 Å². The van der Waals surface area contributed by atoms with Crippen LogP contribution in [0.3, 0.4) is 0 Å². The van der Waals surface area contributed by atoms with E-state index in [1.165, 1.54) is 0 Å². The predicted octanol–water partition coefficient (Wildman–Crippen LogP) is 0.356. The summed E-state index contributed by atoms with van der Waals surface area (Å²) in [5.74, 6) is -0.545. The van der Waals surface area contributed by atoms with Crippen molar-refractivity contribution in [2.75, 3.05) is 39.3 Å². The van der Waals surface area contributed by atoms with Crippen molar-refractivity contribution < 1.29 is 18.0 Å². The molecule has 136 valence electrons. The number of aromatic nitrogens is 3. The van der Waals surface area contributed by atoms with Crippen LogP contribution in [0.4, 0.5) is 13.2 Å². The van der Waals surface area contributed by atoms with Gasteiger partial charge in [-0.15, -0.1) is 22.6 Å². The van der Waals surface area contributed by atoms with Gasteiger partial charge in [0.1, 0.15) is 5.82 Å². The first-order valence-corrected chi connectivity index (χ1v) is 7.65. The van der Waals surface area contributed by atoms with E-state index in [4.69, 9.17) is 0 Å². The number of amides is 1. The summed E-state index contributed by atoms with van der Waals surface area (Å²) in [5, 5.41) is 10.1. The van der Waals surface area contributed by atoms with Crippen LogP contribution in [-0.4, -0.2) is 69.7 Å². The third-order valence-corrected chi connectivity index (χ3v) is 4.20. The number of nitrogens with one attached hydrogen (secondary N) is 1. The molecule has 0 unspecified atom stereocenters. The molecule has 2 aliphatic rings. The van der Waals surface area contributed by atoms with E-state index in [1.54, 1.807) is 0 Å². The Hall–Kier alpha value is -1.39. The second-order valence-electron chi connectivity index (χ2n) is 5.75. The highest BCUT2D eigenvalue weighted by molar-refractivity contribution is 5.85. The average Bonchev–Trinajstić information content (AvgIpc) is 2.96. The number of hydrogen-bond donors (Lipinski definition) is 1. The number of carbonyl (C=O) groups is 1. The highest BCUT2D eigenvalue weighted by Crippen LogP contribution is 2.29. The molecule has 0 aliphatic carbocycles. The molecule has 1 N–H and O–H groups in total. The van der Waals surface area contributed by atoms with E-state index in [9.17, 15) is 18.0 Å². The van der Waals surface area contributed by atoms with Gasteiger partial charge >= 0.3 is 6.18 Å². The zero-order valence-corrected chi connectivity index (χ0v) is 13.9. The van der Waals surface area contributed by atoms with Gasteiger partial charge < -0.3 is 14.8 Å². The maximum absolute atomic E-state index is 12.8. The fraction of sp³-hybridized carbons (Fsp3) is 0.769. The Morgan fingerprint density at radius 2 is 1.83 bits per heavy atom. The number of hydrogen-bond acceptors (Lipinski definition) is 5. The maximum Gasteiger partial charge on any atom is 0.451 e. The van der Waals surface area contributed by atoms with Crippen molar-refractivity contribution in [2.24, 2.45) is 0 Å². The first-order chi connectivity index (χ1) is 10.9. The fourth-order valence-corrected chi connectivity index (χ4v) is 2.93. The highest BCUT2D eigenvalue weighted by Gasteiger charge is 2.39. The molecule has 0 bridgehead atoms. The largest absolute Gasteiger partial charge is 0.451 e. The smallest absolute Gasteiger partial charge is 0.340 e. The Kier molecular flexibility index (Phi) is 6.05. The molecule has 1 aromatic rings. The van der Waals surface area contributed by atoms with Gasteiger partial charge in [0.15, 0.2) is 0 Å². The minimum atomic E-state index is -4.48. The monoisotopic (exact) mass is 368 g/mol. The molecule has 1 fully saturated rings. The number of rotatable bonds is 3. The molecular weight excluding hydrogens is 349 g/mol. The molecular formula is C13H20ClF3N6O. The summed E-state index contributed by atoms with van der Waals surface area (Å²) in [6, 6.07) is 0. The molecule has 7 nitrogen and oxygen atoms in total. The molecule has 3 heterocycles. The third kappa shape index (κ3) is 4.17. The van der Waals surface area contributed by atoms with E-state index in [0.717, 1.165) is 17.7 Å². The fourth-order valence-electron chi connectivity index (χ4n) is 2.93. The molecule has 0 spiro atoms. The highest BCUT2D eigenvalue weighted by atomic mass is 35.5. The van der Waals surface area contributed by atoms with Crippen LogP contribution < -0.4 is 5.32 Å². The van der Waals surface area contributed by atoms with Crippen molar-refractivity contribution in [3.8, 4) is 0 Å². The quantitative estimate of drug-likeness (QED) is 0.834. The van der Waals surface area contributed by atoms with Gasteiger partial charge in [0.2, 0.25) is 11.7 Å². The van der Waals surface area contributed by atoms with Gasteiger partial charge in [0, 0.05) is 52.2 Å². The van der Waals surface area contributed by atoms with Crippen molar-refractivity contribution in [2.45, 2.75) is 25.7 Å². The van der Waals surface area contributed by atoms with Gasteiger partial charge in [0.05, 0.1) is 6.54 Å². The molecule has 0 aromatic carbocycles. The van der Waals surface area contributed by atoms with E-state index >= 15 is 0 Å². The normalized spacial score (nSPS) is 18.9. The van der Waals surface area contributed by atoms with Crippen molar-refractivity contribution >= 4 is 18.3 Å². The summed E-state index contributed by atoms with van der Waals surface area (Å²) >= 11 is 0. The summed E-state index contributed by atoms with van der Waals surface area (Å²) in [6.07, 6.45) is -4.11. The van der Waals surface area contributed by atoms with E-state index in [-0.39, 0.29) is 31.4 Å². The van der Waals surface area contributed by atoms with Crippen LogP contribution in [0.25, 0.3) is 0 Å². The molecule has 1 saturated heterocycles. The van der Waals surface area contributed by atoms with Gasteiger partial charge in [-0.1, -0.05) is 0 Å². The van der Waals surface area contributed by atoms with E-state index in [1.807, 2.05) is 9.80 Å². The zero-order valence-electron chi connectivity index (χ0n) is 13.1. The van der Waals surface area contributed by atoms with Gasteiger partial charge in [-0.3, -0.25) is 9.69 Å². The van der Waals surface area contributed by atoms with Crippen LogP contribution in [0.15, 0.2) is 0 Å². The molecule has 24 heavy (non-hydrogen) atoms. The topological polar surface area (TPSA) is 66.3 Å². The summed E-state index contributed by atoms with van der Waals surface area (Å²) in [4.78, 5) is 15.9. The summed E-state index contributed by atoms with van der Waals surface area (Å²) in [6.45, 7) is 4.50. The van der Waals surface area contributed by atoms with Crippen LogP contribution in [0, 0.1) is 0 Å². The molecule has 3 rings (SSSR count). The third-order valence-electron chi connectivity index (χ3n) is 4.20. The Labute approximate surface area is 143 Å². The molecule has 11 heteroatoms. The second kappa shape index (κ2) is 7.66. The number of nitrogens with zero attached hydrogens (tertiary/aromatic N) is 5. The lowest BCUT2D eigenvalue weighted by Gasteiger charge is -2.30. The number of fused-ring (bicyclic) bond motifs is 1. The minimum absolute atomic E-state index is 0. The van der Waals surface area contributed by atoms with Crippen LogP contribution >= 0.6 is 12.4 Å². The number of alkyl halides is 3. The van der Waals surface area contributed by atoms with E-state index in [2.05, 4.69) is 15.5 Å². The van der Waals surface area contributed by atoms with Crippen LogP contribution in [-0.2, 0) is 24.1 Å². The average molecular weight is 369 g/mol. The summed E-state index contributed by atoms with van der Waals surface area (Å²) in [7, 11) is 0. The minimum Gasteiger partial charge on any atom is -0.340 e. The lowest BCUT2D eigenvalue weighted by Crippen LogP contribution is -2.47. The standard InChI is InChI=1S/C13H19F3N6O.ClH/c14-13(15,16)12-19-18-10-9-20(7-8-22(10)12)4-1-11(23)21-5-2-17-3-6-21;/h17H,1-9H2;1H. The Morgan fingerprint density at radius 1 is 1.12 bits per heavy atom. The van der Waals surface area contributed by atoms with Crippen LogP contribution in [0.5, 0.6) is 0 Å². The molecule has 0 radical (unpaired) electrons.